The lowest BCUT2D eigenvalue weighted by Crippen LogP contribution is -2.40. The van der Waals surface area contributed by atoms with E-state index in [1.807, 2.05) is 24.3 Å². The van der Waals surface area contributed by atoms with E-state index in [0.717, 1.165) is 16.1 Å². The van der Waals surface area contributed by atoms with E-state index in [1.165, 1.54) is 20.3 Å². The molecule has 0 aliphatic carbocycles. The molecule has 0 aromatic heterocycles. The molecular formula is C20H25ClN2O5S. The Hall–Kier alpha value is -2.45. The van der Waals surface area contributed by atoms with Gasteiger partial charge in [0.2, 0.25) is 15.9 Å². The van der Waals surface area contributed by atoms with E-state index < -0.39 is 15.9 Å². The number of anilines is 1. The lowest BCUT2D eigenvalue weighted by molar-refractivity contribution is -0.119. The standard InChI is InChI=1S/C20H25ClN2O5S/c1-27-16-10-11-19(28-2)18(13-16)23(29(3,25)26)14-20(24)22-12-6-8-15-7-4-5-9-17(15)21/h4-5,7,9-11,13H,6,8,12,14H2,1-3H3,(H,22,24). The van der Waals surface area contributed by atoms with Crippen molar-refractivity contribution in [1.82, 2.24) is 5.32 Å². The Morgan fingerprint density at radius 2 is 1.86 bits per heavy atom. The molecule has 7 nitrogen and oxygen atoms in total. The summed E-state index contributed by atoms with van der Waals surface area (Å²) in [6.45, 7) is 0.0331. The van der Waals surface area contributed by atoms with Crippen LogP contribution < -0.4 is 19.1 Å². The highest BCUT2D eigenvalue weighted by atomic mass is 35.5. The van der Waals surface area contributed by atoms with Gasteiger partial charge in [-0.2, -0.15) is 0 Å². The van der Waals surface area contributed by atoms with Crippen LogP contribution in [-0.2, 0) is 21.2 Å². The number of ether oxygens (including phenoxy) is 2. The molecule has 158 valence electrons. The van der Waals surface area contributed by atoms with Crippen molar-refractivity contribution in [1.29, 1.82) is 0 Å². The number of hydrogen-bond donors (Lipinski definition) is 1. The summed E-state index contributed by atoms with van der Waals surface area (Å²) in [4.78, 5) is 12.4. The van der Waals surface area contributed by atoms with Gasteiger partial charge in [-0.15, -0.1) is 0 Å². The molecule has 2 rings (SSSR count). The first-order valence-corrected chi connectivity index (χ1v) is 11.2. The number of amides is 1. The first-order valence-electron chi connectivity index (χ1n) is 8.96. The number of sulfonamides is 1. The largest absolute Gasteiger partial charge is 0.497 e. The van der Waals surface area contributed by atoms with Crippen molar-refractivity contribution >= 4 is 33.2 Å². The van der Waals surface area contributed by atoms with Gasteiger partial charge in [-0.3, -0.25) is 9.10 Å². The van der Waals surface area contributed by atoms with E-state index in [1.54, 1.807) is 12.1 Å². The number of carbonyl (C=O) groups excluding carboxylic acids is 1. The van der Waals surface area contributed by atoms with Gasteiger partial charge in [-0.25, -0.2) is 8.42 Å². The van der Waals surface area contributed by atoms with Gasteiger partial charge in [0.15, 0.2) is 0 Å². The molecule has 29 heavy (non-hydrogen) atoms. The fourth-order valence-electron chi connectivity index (χ4n) is 2.77. The zero-order valence-electron chi connectivity index (χ0n) is 16.6. The fourth-order valence-corrected chi connectivity index (χ4v) is 3.85. The molecular weight excluding hydrogens is 416 g/mol. The van der Waals surface area contributed by atoms with Gasteiger partial charge in [-0.05, 0) is 36.6 Å². The van der Waals surface area contributed by atoms with E-state index in [4.69, 9.17) is 21.1 Å². The van der Waals surface area contributed by atoms with Crippen LogP contribution in [0, 0.1) is 0 Å². The van der Waals surface area contributed by atoms with Gasteiger partial charge in [0.25, 0.3) is 0 Å². The number of benzene rings is 2. The first-order chi connectivity index (χ1) is 13.8. The molecule has 2 aromatic carbocycles. The zero-order chi connectivity index (χ0) is 21.4. The highest BCUT2D eigenvalue weighted by Crippen LogP contribution is 2.33. The Balaban J connectivity index is 2.04. The Bertz CT molecular complexity index is 950. The Morgan fingerprint density at radius 3 is 2.48 bits per heavy atom. The lowest BCUT2D eigenvalue weighted by Gasteiger charge is -2.24. The molecule has 0 saturated heterocycles. The average Bonchev–Trinajstić information content (AvgIpc) is 2.69. The number of methoxy groups -OCH3 is 2. The van der Waals surface area contributed by atoms with Crippen LogP contribution >= 0.6 is 11.6 Å². The topological polar surface area (TPSA) is 84.9 Å². The summed E-state index contributed by atoms with van der Waals surface area (Å²) in [5, 5.41) is 3.44. The summed E-state index contributed by atoms with van der Waals surface area (Å²) in [5.41, 5.74) is 1.24. The van der Waals surface area contributed by atoms with E-state index in [9.17, 15) is 13.2 Å². The molecule has 0 fully saturated rings. The van der Waals surface area contributed by atoms with Crippen LogP contribution in [-0.4, -0.2) is 47.9 Å². The number of halogens is 1. The number of rotatable bonds is 10. The van der Waals surface area contributed by atoms with Crippen molar-refractivity contribution in [2.75, 3.05) is 37.9 Å². The van der Waals surface area contributed by atoms with Crippen molar-refractivity contribution in [2.24, 2.45) is 0 Å². The minimum atomic E-state index is -3.73. The number of nitrogens with zero attached hydrogens (tertiary/aromatic N) is 1. The van der Waals surface area contributed by atoms with Crippen LogP contribution in [0.2, 0.25) is 5.02 Å². The molecule has 0 radical (unpaired) electrons. The predicted octanol–water partition coefficient (Wildman–Crippen LogP) is 2.87. The van der Waals surface area contributed by atoms with Crippen molar-refractivity contribution in [2.45, 2.75) is 12.8 Å². The maximum Gasteiger partial charge on any atom is 0.240 e. The minimum absolute atomic E-state index is 0.237. The number of nitrogens with one attached hydrogen (secondary N) is 1. The van der Waals surface area contributed by atoms with Gasteiger partial charge in [0.1, 0.15) is 18.0 Å². The quantitative estimate of drug-likeness (QED) is 0.574. The number of carbonyl (C=O) groups is 1. The van der Waals surface area contributed by atoms with Crippen molar-refractivity contribution in [3.8, 4) is 11.5 Å². The van der Waals surface area contributed by atoms with E-state index in [-0.39, 0.29) is 12.2 Å². The normalized spacial score (nSPS) is 11.0. The SMILES string of the molecule is COc1ccc(OC)c(N(CC(=O)NCCCc2ccccc2Cl)S(C)(=O)=O)c1. The highest BCUT2D eigenvalue weighted by molar-refractivity contribution is 7.92. The fraction of sp³-hybridized carbons (Fsp3) is 0.350. The van der Waals surface area contributed by atoms with Crippen LogP contribution in [0.3, 0.4) is 0 Å². The molecule has 0 heterocycles. The van der Waals surface area contributed by atoms with Gasteiger partial charge >= 0.3 is 0 Å². The molecule has 9 heteroatoms. The lowest BCUT2D eigenvalue weighted by atomic mass is 10.1. The Morgan fingerprint density at radius 1 is 1.14 bits per heavy atom. The number of hydrogen-bond acceptors (Lipinski definition) is 5. The van der Waals surface area contributed by atoms with E-state index >= 15 is 0 Å². The van der Waals surface area contributed by atoms with E-state index in [2.05, 4.69) is 5.32 Å². The molecule has 1 amide bonds. The van der Waals surface area contributed by atoms with Crippen LogP contribution in [0.15, 0.2) is 42.5 Å². The maximum atomic E-state index is 12.4. The smallest absolute Gasteiger partial charge is 0.240 e. The summed E-state index contributed by atoms with van der Waals surface area (Å²) in [7, 11) is -0.825. The van der Waals surface area contributed by atoms with Crippen LogP contribution in [0.25, 0.3) is 0 Å². The van der Waals surface area contributed by atoms with Crippen LogP contribution in [0.1, 0.15) is 12.0 Å². The molecule has 0 saturated carbocycles. The second-order valence-electron chi connectivity index (χ2n) is 6.35. The molecule has 0 bridgehead atoms. The molecule has 1 N–H and O–H groups in total. The minimum Gasteiger partial charge on any atom is -0.497 e. The third-order valence-electron chi connectivity index (χ3n) is 4.25. The second kappa shape index (κ2) is 10.4. The average molecular weight is 441 g/mol. The molecule has 2 aromatic rings. The summed E-state index contributed by atoms with van der Waals surface area (Å²) in [6, 6.07) is 12.3. The molecule has 0 unspecified atom stereocenters. The van der Waals surface area contributed by atoms with Crippen molar-refractivity contribution in [3.63, 3.8) is 0 Å². The van der Waals surface area contributed by atoms with Gasteiger partial charge < -0.3 is 14.8 Å². The third-order valence-corrected chi connectivity index (χ3v) is 5.74. The monoisotopic (exact) mass is 440 g/mol. The predicted molar refractivity (Wildman–Crippen MR) is 115 cm³/mol. The van der Waals surface area contributed by atoms with Crippen LogP contribution in [0.4, 0.5) is 5.69 Å². The van der Waals surface area contributed by atoms with Crippen LogP contribution in [0.5, 0.6) is 11.5 Å². The van der Waals surface area contributed by atoms with Gasteiger partial charge in [0, 0.05) is 17.6 Å². The molecule has 0 spiro atoms. The summed E-state index contributed by atoms with van der Waals surface area (Å²) >= 11 is 6.12. The highest BCUT2D eigenvalue weighted by Gasteiger charge is 2.24. The second-order valence-corrected chi connectivity index (χ2v) is 8.67. The maximum absolute atomic E-state index is 12.4. The first kappa shape index (κ1) is 22.8. The van der Waals surface area contributed by atoms with Crippen molar-refractivity contribution < 1.29 is 22.7 Å². The Kier molecular flexibility index (Phi) is 8.16. The Labute approximate surface area is 176 Å². The summed E-state index contributed by atoms with van der Waals surface area (Å²) in [5.74, 6) is 0.358. The third kappa shape index (κ3) is 6.54. The molecule has 0 atom stereocenters. The number of aryl methyl sites for hydroxylation is 1. The van der Waals surface area contributed by atoms with E-state index in [0.29, 0.717) is 35.9 Å². The molecule has 0 aliphatic rings. The van der Waals surface area contributed by atoms with Crippen molar-refractivity contribution in [3.05, 3.63) is 53.1 Å². The molecule has 0 aliphatic heterocycles. The van der Waals surface area contributed by atoms with Gasteiger partial charge in [0.05, 0.1) is 26.2 Å². The zero-order valence-corrected chi connectivity index (χ0v) is 18.2. The van der Waals surface area contributed by atoms with Gasteiger partial charge in [-0.1, -0.05) is 29.8 Å². The summed E-state index contributed by atoms with van der Waals surface area (Å²) in [6.07, 6.45) is 2.42. The summed E-state index contributed by atoms with van der Waals surface area (Å²) < 4.78 is 36.1.